The van der Waals surface area contributed by atoms with Crippen molar-refractivity contribution in [2.45, 2.75) is 6.92 Å². The Labute approximate surface area is 144 Å². The Bertz CT molecular complexity index is 765. The molecule has 0 saturated carbocycles. The molecule has 0 aliphatic heterocycles. The molecule has 0 atom stereocenters. The van der Waals surface area contributed by atoms with E-state index in [1.165, 1.54) is 21.5 Å². The van der Waals surface area contributed by atoms with Crippen molar-refractivity contribution in [1.29, 1.82) is 0 Å². The molecule has 0 fully saturated rings. The summed E-state index contributed by atoms with van der Waals surface area (Å²) >= 11 is 0. The van der Waals surface area contributed by atoms with Gasteiger partial charge in [0.15, 0.2) is 0 Å². The van der Waals surface area contributed by atoms with Crippen LogP contribution in [0.5, 0.6) is 11.5 Å². The zero-order chi connectivity index (χ0) is 16.9. The minimum atomic E-state index is -0.762. The molecular formula is C21H21O2P. The van der Waals surface area contributed by atoms with Gasteiger partial charge in [-0.25, -0.2) is 0 Å². The third-order valence-electron chi connectivity index (χ3n) is 3.94. The SMILES string of the molecule is COc1ccccc1P(c1ccc(C)cc1)c1ccccc1OC. The van der Waals surface area contributed by atoms with Crippen LogP contribution in [0.1, 0.15) is 5.56 Å². The number of aryl methyl sites for hydroxylation is 1. The molecule has 0 spiro atoms. The molecule has 0 amide bonds. The summed E-state index contributed by atoms with van der Waals surface area (Å²) in [6.45, 7) is 2.11. The first-order chi connectivity index (χ1) is 11.7. The van der Waals surface area contributed by atoms with Crippen LogP contribution in [0.4, 0.5) is 0 Å². The molecule has 0 unspecified atom stereocenters. The van der Waals surface area contributed by atoms with Crippen LogP contribution in [-0.2, 0) is 0 Å². The average Bonchev–Trinajstić information content (AvgIpc) is 2.64. The van der Waals surface area contributed by atoms with Crippen molar-refractivity contribution in [3.63, 3.8) is 0 Å². The molecule has 3 rings (SSSR count). The lowest BCUT2D eigenvalue weighted by molar-refractivity contribution is 0.417. The molecule has 0 radical (unpaired) electrons. The molecule has 0 aromatic heterocycles. The molecule has 24 heavy (non-hydrogen) atoms. The minimum Gasteiger partial charge on any atom is -0.496 e. The Hall–Kier alpha value is -2.31. The highest BCUT2D eigenvalue weighted by Crippen LogP contribution is 2.39. The number of rotatable bonds is 5. The third-order valence-corrected chi connectivity index (χ3v) is 6.46. The lowest BCUT2D eigenvalue weighted by Crippen LogP contribution is -2.23. The number of hydrogen-bond donors (Lipinski definition) is 0. The van der Waals surface area contributed by atoms with Gasteiger partial charge in [0.05, 0.1) is 14.2 Å². The average molecular weight is 336 g/mol. The third kappa shape index (κ3) is 3.29. The van der Waals surface area contributed by atoms with E-state index in [9.17, 15) is 0 Å². The summed E-state index contributed by atoms with van der Waals surface area (Å²) in [5, 5.41) is 3.68. The Morgan fingerprint density at radius 2 is 1.08 bits per heavy atom. The first-order valence-electron chi connectivity index (χ1n) is 7.87. The van der Waals surface area contributed by atoms with E-state index in [0.29, 0.717) is 0 Å². The van der Waals surface area contributed by atoms with Gasteiger partial charge in [-0.2, -0.15) is 0 Å². The molecule has 2 nitrogen and oxygen atoms in total. The number of hydrogen-bond acceptors (Lipinski definition) is 2. The van der Waals surface area contributed by atoms with Crippen LogP contribution < -0.4 is 25.4 Å². The molecule has 122 valence electrons. The van der Waals surface area contributed by atoms with Gasteiger partial charge in [-0.15, -0.1) is 0 Å². The molecule has 3 aromatic carbocycles. The van der Waals surface area contributed by atoms with Crippen molar-refractivity contribution in [3.05, 3.63) is 78.4 Å². The van der Waals surface area contributed by atoms with E-state index in [-0.39, 0.29) is 0 Å². The largest absolute Gasteiger partial charge is 0.496 e. The zero-order valence-electron chi connectivity index (χ0n) is 14.2. The molecule has 3 aromatic rings. The van der Waals surface area contributed by atoms with Crippen LogP contribution in [0, 0.1) is 6.92 Å². The van der Waals surface area contributed by atoms with Gasteiger partial charge in [-0.05, 0) is 32.3 Å². The van der Waals surface area contributed by atoms with Gasteiger partial charge in [0, 0.05) is 10.6 Å². The van der Waals surface area contributed by atoms with Gasteiger partial charge in [0.1, 0.15) is 11.5 Å². The Kier molecular flexibility index (Phi) is 5.17. The molecule has 0 aliphatic carbocycles. The maximum atomic E-state index is 5.64. The summed E-state index contributed by atoms with van der Waals surface area (Å²) in [4.78, 5) is 0. The van der Waals surface area contributed by atoms with Gasteiger partial charge in [0.25, 0.3) is 0 Å². The van der Waals surface area contributed by atoms with E-state index >= 15 is 0 Å². The number of para-hydroxylation sites is 2. The first-order valence-corrected chi connectivity index (χ1v) is 9.21. The number of methoxy groups -OCH3 is 2. The lowest BCUT2D eigenvalue weighted by atomic mass is 10.2. The molecular weight excluding hydrogens is 315 g/mol. The molecule has 0 bridgehead atoms. The normalized spacial score (nSPS) is 10.7. The second-order valence-electron chi connectivity index (χ2n) is 5.51. The highest BCUT2D eigenvalue weighted by molar-refractivity contribution is 7.80. The fraction of sp³-hybridized carbons (Fsp3) is 0.143. The maximum Gasteiger partial charge on any atom is 0.127 e. The van der Waals surface area contributed by atoms with Crippen molar-refractivity contribution in [2.24, 2.45) is 0 Å². The van der Waals surface area contributed by atoms with E-state index in [1.807, 2.05) is 24.3 Å². The maximum absolute atomic E-state index is 5.64. The highest BCUT2D eigenvalue weighted by atomic mass is 31.1. The highest BCUT2D eigenvalue weighted by Gasteiger charge is 2.22. The second kappa shape index (κ2) is 7.51. The topological polar surface area (TPSA) is 18.5 Å². The Morgan fingerprint density at radius 1 is 0.625 bits per heavy atom. The first kappa shape index (κ1) is 16.5. The van der Waals surface area contributed by atoms with Crippen LogP contribution in [0.3, 0.4) is 0 Å². The fourth-order valence-electron chi connectivity index (χ4n) is 2.73. The predicted molar refractivity (Wildman–Crippen MR) is 103 cm³/mol. The smallest absolute Gasteiger partial charge is 0.127 e. The summed E-state index contributed by atoms with van der Waals surface area (Å²) < 4.78 is 11.3. The van der Waals surface area contributed by atoms with E-state index < -0.39 is 7.92 Å². The fourth-order valence-corrected chi connectivity index (χ4v) is 5.24. The molecule has 0 saturated heterocycles. The van der Waals surface area contributed by atoms with Crippen LogP contribution in [0.15, 0.2) is 72.8 Å². The van der Waals surface area contributed by atoms with Crippen molar-refractivity contribution in [1.82, 2.24) is 0 Å². The van der Waals surface area contributed by atoms with Crippen molar-refractivity contribution in [3.8, 4) is 11.5 Å². The van der Waals surface area contributed by atoms with Crippen molar-refractivity contribution in [2.75, 3.05) is 14.2 Å². The summed E-state index contributed by atoms with van der Waals surface area (Å²) in [6, 6.07) is 25.2. The van der Waals surface area contributed by atoms with Gasteiger partial charge in [-0.1, -0.05) is 66.2 Å². The minimum absolute atomic E-state index is 0.762. The Balaban J connectivity index is 2.23. The van der Waals surface area contributed by atoms with Gasteiger partial charge < -0.3 is 9.47 Å². The summed E-state index contributed by atoms with van der Waals surface area (Å²) in [5.41, 5.74) is 1.26. The summed E-state index contributed by atoms with van der Waals surface area (Å²) in [6.07, 6.45) is 0. The van der Waals surface area contributed by atoms with E-state index in [1.54, 1.807) is 14.2 Å². The zero-order valence-corrected chi connectivity index (χ0v) is 15.1. The van der Waals surface area contributed by atoms with Gasteiger partial charge in [-0.3, -0.25) is 0 Å². The van der Waals surface area contributed by atoms with Crippen LogP contribution >= 0.6 is 7.92 Å². The van der Waals surface area contributed by atoms with Crippen molar-refractivity contribution < 1.29 is 9.47 Å². The standard InChI is InChI=1S/C21H21O2P/c1-16-12-14-17(15-13-16)24(20-10-6-4-8-18(20)22-2)21-11-7-5-9-19(21)23-3/h4-15H,1-3H3. The second-order valence-corrected chi connectivity index (χ2v) is 7.67. The Morgan fingerprint density at radius 3 is 1.54 bits per heavy atom. The quantitative estimate of drug-likeness (QED) is 0.660. The lowest BCUT2D eigenvalue weighted by Gasteiger charge is -2.23. The van der Waals surface area contributed by atoms with Gasteiger partial charge >= 0.3 is 0 Å². The predicted octanol–water partition coefficient (Wildman–Crippen LogP) is 3.77. The molecule has 0 heterocycles. The van der Waals surface area contributed by atoms with Gasteiger partial charge in [0.2, 0.25) is 0 Å². The monoisotopic (exact) mass is 336 g/mol. The number of benzene rings is 3. The van der Waals surface area contributed by atoms with Crippen LogP contribution in [0.2, 0.25) is 0 Å². The molecule has 0 aliphatic rings. The summed E-state index contributed by atoms with van der Waals surface area (Å²) in [7, 11) is 2.69. The molecule has 3 heteroatoms. The van der Waals surface area contributed by atoms with Crippen LogP contribution in [0.25, 0.3) is 0 Å². The number of ether oxygens (including phenoxy) is 2. The van der Waals surface area contributed by atoms with E-state index in [0.717, 1.165) is 11.5 Å². The molecule has 0 N–H and O–H groups in total. The van der Waals surface area contributed by atoms with Crippen molar-refractivity contribution >= 4 is 23.8 Å². The summed E-state index contributed by atoms with van der Waals surface area (Å²) in [5.74, 6) is 1.82. The van der Waals surface area contributed by atoms with Crippen LogP contribution in [-0.4, -0.2) is 14.2 Å². The van der Waals surface area contributed by atoms with E-state index in [4.69, 9.17) is 9.47 Å². The van der Waals surface area contributed by atoms with E-state index in [2.05, 4.69) is 55.5 Å².